The maximum Gasteiger partial charge on any atom is 0.310 e. The predicted octanol–water partition coefficient (Wildman–Crippen LogP) is 4.84. The van der Waals surface area contributed by atoms with Crippen LogP contribution >= 0.6 is 0 Å². The Morgan fingerprint density at radius 3 is 2.27 bits per heavy atom. The molecule has 26 heavy (non-hydrogen) atoms. The number of rotatable bonds is 11. The molecule has 5 nitrogen and oxygen atoms in total. The van der Waals surface area contributed by atoms with Gasteiger partial charge in [-0.25, -0.2) is 0 Å². The first kappa shape index (κ1) is 19.9. The molecule has 0 fully saturated rings. The molecule has 0 aliphatic rings. The summed E-state index contributed by atoms with van der Waals surface area (Å²) in [5, 5.41) is 11.3. The molecule has 0 aliphatic carbocycles. The Morgan fingerprint density at radius 2 is 1.65 bits per heavy atom. The SMILES string of the molecule is CCCN(CCC)CCc1ccc([N+](=O)[O-])c(OCc2ccccc2)c1. The molecule has 2 aromatic rings. The third kappa shape index (κ3) is 6.15. The minimum atomic E-state index is -0.384. The van der Waals surface area contributed by atoms with E-state index in [1.807, 2.05) is 42.5 Å². The van der Waals surface area contributed by atoms with Crippen LogP contribution < -0.4 is 4.74 Å². The van der Waals surface area contributed by atoms with Crippen LogP contribution in [0.15, 0.2) is 48.5 Å². The molecule has 0 saturated carbocycles. The highest BCUT2D eigenvalue weighted by Crippen LogP contribution is 2.29. The molecule has 0 unspecified atom stereocenters. The predicted molar refractivity (Wildman–Crippen MR) is 105 cm³/mol. The van der Waals surface area contributed by atoms with Gasteiger partial charge in [-0.3, -0.25) is 10.1 Å². The lowest BCUT2D eigenvalue weighted by molar-refractivity contribution is -0.386. The van der Waals surface area contributed by atoms with Crippen molar-refractivity contribution in [1.82, 2.24) is 4.90 Å². The van der Waals surface area contributed by atoms with Gasteiger partial charge in [0.05, 0.1) is 4.92 Å². The Labute approximate surface area is 155 Å². The zero-order valence-electron chi connectivity index (χ0n) is 15.7. The van der Waals surface area contributed by atoms with Crippen LogP contribution in [-0.2, 0) is 13.0 Å². The molecular formula is C21H28N2O3. The monoisotopic (exact) mass is 356 g/mol. The van der Waals surface area contributed by atoms with Crippen LogP contribution in [0, 0.1) is 10.1 Å². The number of nitro groups is 1. The maximum absolute atomic E-state index is 11.3. The van der Waals surface area contributed by atoms with E-state index in [0.717, 1.165) is 50.0 Å². The Morgan fingerprint density at radius 1 is 0.962 bits per heavy atom. The molecule has 0 bridgehead atoms. The van der Waals surface area contributed by atoms with E-state index in [-0.39, 0.29) is 10.6 Å². The van der Waals surface area contributed by atoms with Gasteiger partial charge in [0.25, 0.3) is 0 Å². The Kier molecular flexibility index (Phi) is 8.09. The summed E-state index contributed by atoms with van der Waals surface area (Å²) in [4.78, 5) is 13.4. The van der Waals surface area contributed by atoms with Gasteiger partial charge in [-0.2, -0.15) is 0 Å². The van der Waals surface area contributed by atoms with E-state index in [9.17, 15) is 10.1 Å². The molecular weight excluding hydrogens is 328 g/mol. The fraction of sp³-hybridized carbons (Fsp3) is 0.429. The van der Waals surface area contributed by atoms with Crippen molar-refractivity contribution >= 4 is 5.69 Å². The summed E-state index contributed by atoms with van der Waals surface area (Å²) in [7, 11) is 0. The summed E-state index contributed by atoms with van der Waals surface area (Å²) in [6.07, 6.45) is 3.12. The highest BCUT2D eigenvalue weighted by Gasteiger charge is 2.16. The van der Waals surface area contributed by atoms with Crippen LogP contribution in [0.25, 0.3) is 0 Å². The van der Waals surface area contributed by atoms with E-state index in [4.69, 9.17) is 4.74 Å². The first-order valence-corrected chi connectivity index (χ1v) is 9.30. The van der Waals surface area contributed by atoms with Gasteiger partial charge >= 0.3 is 5.69 Å². The second-order valence-electron chi connectivity index (χ2n) is 6.43. The van der Waals surface area contributed by atoms with E-state index in [1.54, 1.807) is 6.07 Å². The average molecular weight is 356 g/mol. The number of hydrogen-bond acceptors (Lipinski definition) is 4. The van der Waals surface area contributed by atoms with Crippen molar-refractivity contribution in [2.24, 2.45) is 0 Å². The third-order valence-electron chi connectivity index (χ3n) is 4.25. The summed E-state index contributed by atoms with van der Waals surface area (Å²) < 4.78 is 5.77. The molecule has 2 rings (SSSR count). The molecule has 0 aliphatic heterocycles. The number of nitrogens with zero attached hydrogens (tertiary/aromatic N) is 2. The maximum atomic E-state index is 11.3. The molecule has 0 aromatic heterocycles. The van der Waals surface area contributed by atoms with Crippen molar-refractivity contribution in [2.45, 2.75) is 39.7 Å². The highest BCUT2D eigenvalue weighted by molar-refractivity contribution is 5.48. The van der Waals surface area contributed by atoms with Crippen molar-refractivity contribution in [1.29, 1.82) is 0 Å². The van der Waals surface area contributed by atoms with Crippen LogP contribution in [0.2, 0.25) is 0 Å². The quantitative estimate of drug-likeness (QED) is 0.427. The van der Waals surface area contributed by atoms with Crippen molar-refractivity contribution < 1.29 is 9.66 Å². The standard InChI is InChI=1S/C21H28N2O3/c1-3-13-22(14-4-2)15-12-18-10-11-20(23(24)25)21(16-18)26-17-19-8-6-5-7-9-19/h5-11,16H,3-4,12-15,17H2,1-2H3. The molecule has 0 amide bonds. The molecule has 0 spiro atoms. The summed E-state index contributed by atoms with van der Waals surface area (Å²) in [6.45, 7) is 7.81. The lowest BCUT2D eigenvalue weighted by atomic mass is 10.1. The topological polar surface area (TPSA) is 55.6 Å². The van der Waals surface area contributed by atoms with Gasteiger partial charge in [0, 0.05) is 12.6 Å². The van der Waals surface area contributed by atoms with Crippen LogP contribution in [0.4, 0.5) is 5.69 Å². The van der Waals surface area contributed by atoms with Gasteiger partial charge in [-0.1, -0.05) is 50.2 Å². The Hall–Kier alpha value is -2.40. The number of ether oxygens (including phenoxy) is 1. The van der Waals surface area contributed by atoms with Gasteiger partial charge in [0.1, 0.15) is 6.61 Å². The van der Waals surface area contributed by atoms with E-state index in [1.165, 1.54) is 0 Å². The fourth-order valence-corrected chi connectivity index (χ4v) is 2.97. The normalized spacial score (nSPS) is 10.9. The fourth-order valence-electron chi connectivity index (χ4n) is 2.97. The van der Waals surface area contributed by atoms with Crippen molar-refractivity contribution in [3.63, 3.8) is 0 Å². The molecule has 5 heteroatoms. The lowest BCUT2D eigenvalue weighted by Crippen LogP contribution is -2.27. The largest absolute Gasteiger partial charge is 0.482 e. The molecule has 0 N–H and O–H groups in total. The minimum absolute atomic E-state index is 0.0173. The van der Waals surface area contributed by atoms with E-state index in [0.29, 0.717) is 12.4 Å². The van der Waals surface area contributed by atoms with Crippen LogP contribution in [-0.4, -0.2) is 29.5 Å². The minimum Gasteiger partial charge on any atom is -0.482 e. The second kappa shape index (κ2) is 10.6. The zero-order chi connectivity index (χ0) is 18.8. The van der Waals surface area contributed by atoms with Gasteiger partial charge in [0.2, 0.25) is 0 Å². The van der Waals surface area contributed by atoms with Crippen molar-refractivity contribution in [3.8, 4) is 5.75 Å². The summed E-state index contributed by atoms with van der Waals surface area (Å²) >= 11 is 0. The van der Waals surface area contributed by atoms with Crippen LogP contribution in [0.3, 0.4) is 0 Å². The summed E-state index contributed by atoms with van der Waals surface area (Å²) in [5.41, 5.74) is 2.07. The molecule has 0 heterocycles. The van der Waals surface area contributed by atoms with Crippen molar-refractivity contribution in [2.75, 3.05) is 19.6 Å². The molecule has 0 radical (unpaired) electrons. The highest BCUT2D eigenvalue weighted by atomic mass is 16.6. The van der Waals surface area contributed by atoms with E-state index >= 15 is 0 Å². The third-order valence-corrected chi connectivity index (χ3v) is 4.25. The van der Waals surface area contributed by atoms with E-state index < -0.39 is 0 Å². The Bertz CT molecular complexity index is 683. The summed E-state index contributed by atoms with van der Waals surface area (Å²) in [5.74, 6) is 0.342. The van der Waals surface area contributed by atoms with Crippen LogP contribution in [0.1, 0.15) is 37.8 Å². The van der Waals surface area contributed by atoms with Gasteiger partial charge in [0.15, 0.2) is 5.75 Å². The Balaban J connectivity index is 2.07. The number of nitro benzene ring substituents is 1. The molecule has 0 saturated heterocycles. The van der Waals surface area contributed by atoms with Crippen molar-refractivity contribution in [3.05, 3.63) is 69.8 Å². The number of hydrogen-bond donors (Lipinski definition) is 0. The summed E-state index contributed by atoms with van der Waals surface area (Å²) in [6, 6.07) is 14.9. The van der Waals surface area contributed by atoms with Gasteiger partial charge in [-0.15, -0.1) is 0 Å². The molecule has 2 aromatic carbocycles. The smallest absolute Gasteiger partial charge is 0.310 e. The van der Waals surface area contributed by atoms with Gasteiger partial charge < -0.3 is 9.64 Å². The number of benzene rings is 2. The van der Waals surface area contributed by atoms with Gasteiger partial charge in [-0.05, 0) is 49.5 Å². The van der Waals surface area contributed by atoms with E-state index in [2.05, 4.69) is 18.7 Å². The first-order valence-electron chi connectivity index (χ1n) is 9.30. The second-order valence-corrected chi connectivity index (χ2v) is 6.43. The van der Waals surface area contributed by atoms with Crippen LogP contribution in [0.5, 0.6) is 5.75 Å². The first-order chi connectivity index (χ1) is 12.6. The average Bonchev–Trinajstić information content (AvgIpc) is 2.65. The lowest BCUT2D eigenvalue weighted by Gasteiger charge is -2.20. The molecule has 140 valence electrons. The molecule has 0 atom stereocenters. The zero-order valence-corrected chi connectivity index (χ0v) is 15.7.